The van der Waals surface area contributed by atoms with E-state index in [4.69, 9.17) is 0 Å². The molecule has 0 amide bonds. The van der Waals surface area contributed by atoms with Gasteiger partial charge in [-0.1, -0.05) is 6.92 Å². The summed E-state index contributed by atoms with van der Waals surface area (Å²) in [5, 5.41) is 9.35. The van der Waals surface area contributed by atoms with Crippen molar-refractivity contribution >= 4 is 15.7 Å². The lowest BCUT2D eigenvalue weighted by Gasteiger charge is -2.07. The molecule has 0 spiro atoms. The molecule has 2 heterocycles. The first kappa shape index (κ1) is 13.4. The second-order valence-corrected chi connectivity index (χ2v) is 5.36. The zero-order valence-corrected chi connectivity index (χ0v) is 11.1. The minimum atomic E-state index is -3.72. The Bertz CT molecular complexity index is 624. The van der Waals surface area contributed by atoms with Crippen molar-refractivity contribution in [1.29, 1.82) is 0 Å². The van der Waals surface area contributed by atoms with Crippen molar-refractivity contribution in [2.24, 2.45) is 0 Å². The molecule has 19 heavy (non-hydrogen) atoms. The molecule has 0 radical (unpaired) electrons. The second kappa shape index (κ2) is 5.76. The number of hydrogen-bond donors (Lipinski definition) is 3. The summed E-state index contributed by atoms with van der Waals surface area (Å²) >= 11 is 0. The second-order valence-electron chi connectivity index (χ2n) is 3.74. The van der Waals surface area contributed by atoms with Crippen LogP contribution in [0, 0.1) is 0 Å². The lowest BCUT2D eigenvalue weighted by molar-refractivity contribution is 0.594. The van der Waals surface area contributed by atoms with Crippen LogP contribution in [0.5, 0.6) is 0 Å². The summed E-state index contributed by atoms with van der Waals surface area (Å²) in [7, 11) is -3.72. The van der Waals surface area contributed by atoms with Crippen molar-refractivity contribution in [3.05, 3.63) is 30.5 Å². The number of anilines is 1. The van der Waals surface area contributed by atoms with Crippen LogP contribution in [0.4, 0.5) is 5.69 Å². The fourth-order valence-electron chi connectivity index (χ4n) is 1.48. The van der Waals surface area contributed by atoms with Gasteiger partial charge in [0, 0.05) is 12.1 Å². The van der Waals surface area contributed by atoms with Crippen LogP contribution in [-0.2, 0) is 16.6 Å². The number of rotatable bonds is 6. The molecule has 9 heteroatoms. The van der Waals surface area contributed by atoms with Crippen molar-refractivity contribution < 1.29 is 8.42 Å². The van der Waals surface area contributed by atoms with Gasteiger partial charge < -0.3 is 5.32 Å². The maximum Gasteiger partial charge on any atom is 0.279 e. The molecule has 0 saturated carbocycles. The third-order valence-corrected chi connectivity index (χ3v) is 3.72. The van der Waals surface area contributed by atoms with Crippen molar-refractivity contribution in [1.82, 2.24) is 25.5 Å². The van der Waals surface area contributed by atoms with Gasteiger partial charge in [-0.25, -0.2) is 9.97 Å². The number of aromatic nitrogens is 4. The van der Waals surface area contributed by atoms with Crippen molar-refractivity contribution in [2.75, 3.05) is 11.3 Å². The van der Waals surface area contributed by atoms with E-state index in [-0.39, 0.29) is 5.03 Å². The van der Waals surface area contributed by atoms with E-state index in [1.54, 1.807) is 0 Å². The van der Waals surface area contributed by atoms with Crippen LogP contribution in [0.2, 0.25) is 0 Å². The summed E-state index contributed by atoms with van der Waals surface area (Å²) in [4.78, 5) is 7.49. The Morgan fingerprint density at radius 2 is 2.00 bits per heavy atom. The maximum atomic E-state index is 12.2. The first-order valence-electron chi connectivity index (χ1n) is 5.64. The van der Waals surface area contributed by atoms with E-state index >= 15 is 0 Å². The van der Waals surface area contributed by atoms with E-state index in [2.05, 4.69) is 30.2 Å². The van der Waals surface area contributed by atoms with Gasteiger partial charge in [-0.2, -0.15) is 13.5 Å². The SMILES string of the molecule is CCNCc1cn[nH]c1S(=O)(=O)Nc1cncnc1. The van der Waals surface area contributed by atoms with E-state index < -0.39 is 10.0 Å². The molecule has 2 aromatic heterocycles. The van der Waals surface area contributed by atoms with Gasteiger partial charge in [0.25, 0.3) is 10.0 Å². The number of hydrogen-bond acceptors (Lipinski definition) is 6. The Labute approximate surface area is 110 Å². The van der Waals surface area contributed by atoms with Gasteiger partial charge in [-0.3, -0.25) is 9.82 Å². The van der Waals surface area contributed by atoms with E-state index in [0.29, 0.717) is 17.8 Å². The Morgan fingerprint density at radius 1 is 1.26 bits per heavy atom. The first-order chi connectivity index (χ1) is 9.13. The summed E-state index contributed by atoms with van der Waals surface area (Å²) in [6, 6.07) is 0. The summed E-state index contributed by atoms with van der Waals surface area (Å²) in [6.45, 7) is 3.10. The average Bonchev–Trinajstić information content (AvgIpc) is 2.86. The summed E-state index contributed by atoms with van der Waals surface area (Å²) in [5.74, 6) is 0. The highest BCUT2D eigenvalue weighted by Gasteiger charge is 2.20. The summed E-state index contributed by atoms with van der Waals surface area (Å²) < 4.78 is 26.7. The average molecular weight is 282 g/mol. The van der Waals surface area contributed by atoms with Crippen LogP contribution in [0.1, 0.15) is 12.5 Å². The van der Waals surface area contributed by atoms with Gasteiger partial charge in [0.05, 0.1) is 24.3 Å². The number of nitrogens with zero attached hydrogens (tertiary/aromatic N) is 3. The molecule has 2 aromatic rings. The van der Waals surface area contributed by atoms with Gasteiger partial charge >= 0.3 is 0 Å². The zero-order chi connectivity index (χ0) is 13.7. The van der Waals surface area contributed by atoms with Gasteiger partial charge in [0.15, 0.2) is 5.03 Å². The minimum Gasteiger partial charge on any atom is -0.313 e. The molecule has 0 bridgehead atoms. The van der Waals surface area contributed by atoms with Gasteiger partial charge in [-0.15, -0.1) is 0 Å². The van der Waals surface area contributed by atoms with Crippen LogP contribution >= 0.6 is 0 Å². The Kier molecular flexibility index (Phi) is 4.07. The van der Waals surface area contributed by atoms with Crippen LogP contribution < -0.4 is 10.0 Å². The van der Waals surface area contributed by atoms with Gasteiger partial charge in [-0.05, 0) is 6.54 Å². The molecule has 102 valence electrons. The Morgan fingerprint density at radius 3 is 2.68 bits per heavy atom. The molecule has 0 aliphatic rings. The number of aromatic amines is 1. The maximum absolute atomic E-state index is 12.2. The minimum absolute atomic E-state index is 0.0392. The number of nitrogens with one attached hydrogen (secondary N) is 3. The molecule has 0 aromatic carbocycles. The quantitative estimate of drug-likeness (QED) is 0.693. The van der Waals surface area contributed by atoms with Gasteiger partial charge in [0.2, 0.25) is 0 Å². The lowest BCUT2D eigenvalue weighted by atomic mass is 10.3. The van der Waals surface area contributed by atoms with E-state index in [1.807, 2.05) is 6.92 Å². The molecular formula is C10H14N6O2S. The Hall–Kier alpha value is -2.00. The monoisotopic (exact) mass is 282 g/mol. The molecule has 0 fully saturated rings. The molecule has 0 saturated heterocycles. The molecular weight excluding hydrogens is 268 g/mol. The van der Waals surface area contributed by atoms with Gasteiger partial charge in [0.1, 0.15) is 6.33 Å². The smallest absolute Gasteiger partial charge is 0.279 e. The predicted molar refractivity (Wildman–Crippen MR) is 68.8 cm³/mol. The van der Waals surface area contributed by atoms with Crippen LogP contribution in [0.15, 0.2) is 29.9 Å². The molecule has 2 rings (SSSR count). The molecule has 0 aliphatic heterocycles. The van der Waals surface area contributed by atoms with Crippen LogP contribution in [0.3, 0.4) is 0 Å². The fourth-order valence-corrected chi connectivity index (χ4v) is 2.64. The number of sulfonamides is 1. The van der Waals surface area contributed by atoms with Crippen molar-refractivity contribution in [2.45, 2.75) is 18.5 Å². The van der Waals surface area contributed by atoms with Crippen LogP contribution in [-0.4, -0.2) is 35.1 Å². The summed E-state index contributed by atoms with van der Waals surface area (Å²) in [5.41, 5.74) is 0.873. The molecule has 8 nitrogen and oxygen atoms in total. The third-order valence-electron chi connectivity index (χ3n) is 2.33. The number of H-pyrrole nitrogens is 1. The Balaban J connectivity index is 2.22. The highest BCUT2D eigenvalue weighted by atomic mass is 32.2. The van der Waals surface area contributed by atoms with Crippen molar-refractivity contribution in [3.63, 3.8) is 0 Å². The van der Waals surface area contributed by atoms with E-state index in [9.17, 15) is 8.42 Å². The molecule has 0 aliphatic carbocycles. The highest BCUT2D eigenvalue weighted by Crippen LogP contribution is 2.15. The molecule has 0 atom stereocenters. The highest BCUT2D eigenvalue weighted by molar-refractivity contribution is 7.92. The predicted octanol–water partition coefficient (Wildman–Crippen LogP) is 0.110. The first-order valence-corrected chi connectivity index (χ1v) is 7.12. The molecule has 3 N–H and O–H groups in total. The standard InChI is InChI=1S/C10H14N6O2S/c1-2-11-3-8-4-14-15-10(8)19(17,18)16-9-5-12-7-13-6-9/h4-7,11,16H,2-3H2,1H3,(H,14,15). The summed E-state index contributed by atoms with van der Waals surface area (Å²) in [6.07, 6.45) is 5.57. The van der Waals surface area contributed by atoms with E-state index in [1.165, 1.54) is 24.9 Å². The fraction of sp³-hybridized carbons (Fsp3) is 0.300. The molecule has 0 unspecified atom stereocenters. The third kappa shape index (κ3) is 3.26. The van der Waals surface area contributed by atoms with Crippen molar-refractivity contribution in [3.8, 4) is 0 Å². The largest absolute Gasteiger partial charge is 0.313 e. The lowest BCUT2D eigenvalue weighted by Crippen LogP contribution is -2.18. The zero-order valence-electron chi connectivity index (χ0n) is 10.3. The normalized spacial score (nSPS) is 11.4. The van der Waals surface area contributed by atoms with E-state index in [0.717, 1.165) is 6.54 Å². The van der Waals surface area contributed by atoms with Crippen LogP contribution in [0.25, 0.3) is 0 Å². The topological polar surface area (TPSA) is 113 Å².